The number of ether oxygens (including phenoxy) is 1. The first kappa shape index (κ1) is 30.1. The molecule has 1 aliphatic rings. The Kier molecular flexibility index (Phi) is 11.0. The quantitative estimate of drug-likeness (QED) is 0.375. The highest BCUT2D eigenvalue weighted by molar-refractivity contribution is 6.00. The van der Waals surface area contributed by atoms with Crippen molar-refractivity contribution < 1.29 is 33.8 Å². The number of carbonyl (C=O) groups is 5. The van der Waals surface area contributed by atoms with Crippen LogP contribution in [0.4, 0.5) is 0 Å². The van der Waals surface area contributed by atoms with Crippen LogP contribution in [0.2, 0.25) is 0 Å². The summed E-state index contributed by atoms with van der Waals surface area (Å²) < 4.78 is 5.74. The van der Waals surface area contributed by atoms with Gasteiger partial charge in [-0.2, -0.15) is 0 Å². The lowest BCUT2D eigenvalue weighted by Gasteiger charge is -2.25. The molecule has 40 heavy (non-hydrogen) atoms. The molecule has 1 aliphatic heterocycles. The molecule has 0 fully saturated rings. The van der Waals surface area contributed by atoms with E-state index in [0.29, 0.717) is 6.42 Å². The molecular formula is C29H36N4O7. The molecule has 3 rings (SSSR count). The van der Waals surface area contributed by atoms with Crippen LogP contribution in [0.3, 0.4) is 0 Å². The Morgan fingerprint density at radius 2 is 1.62 bits per heavy atom. The maximum absolute atomic E-state index is 13.3. The van der Waals surface area contributed by atoms with Crippen molar-refractivity contribution in [1.82, 2.24) is 21.3 Å². The van der Waals surface area contributed by atoms with E-state index in [0.717, 1.165) is 5.56 Å². The Balaban J connectivity index is 1.89. The van der Waals surface area contributed by atoms with Crippen molar-refractivity contribution in [3.63, 3.8) is 0 Å². The van der Waals surface area contributed by atoms with Crippen molar-refractivity contribution >= 4 is 29.6 Å². The maximum Gasteiger partial charge on any atom is 0.326 e. The minimum Gasteiger partial charge on any atom is -0.493 e. The van der Waals surface area contributed by atoms with E-state index in [1.165, 1.54) is 6.07 Å². The van der Waals surface area contributed by atoms with Crippen LogP contribution < -0.4 is 26.0 Å². The summed E-state index contributed by atoms with van der Waals surface area (Å²) in [7, 11) is 0. The number of hydrogen-bond donors (Lipinski definition) is 5. The highest BCUT2D eigenvalue weighted by Gasteiger charge is 2.30. The summed E-state index contributed by atoms with van der Waals surface area (Å²) in [5, 5.41) is 20.3. The van der Waals surface area contributed by atoms with Gasteiger partial charge in [-0.05, 0) is 36.5 Å². The van der Waals surface area contributed by atoms with E-state index in [1.807, 2.05) is 44.2 Å². The third-order valence-electron chi connectivity index (χ3n) is 6.28. The summed E-state index contributed by atoms with van der Waals surface area (Å²) in [6.45, 7) is 4.17. The predicted octanol–water partition coefficient (Wildman–Crippen LogP) is 1.42. The van der Waals surface area contributed by atoms with Gasteiger partial charge in [-0.25, -0.2) is 4.79 Å². The molecule has 3 atom stereocenters. The van der Waals surface area contributed by atoms with Gasteiger partial charge in [0.15, 0.2) is 0 Å². The second-order valence-corrected chi connectivity index (χ2v) is 10.1. The minimum atomic E-state index is -1.54. The minimum absolute atomic E-state index is 0.00165. The Morgan fingerprint density at radius 3 is 2.33 bits per heavy atom. The van der Waals surface area contributed by atoms with E-state index < -0.39 is 54.1 Å². The number of rotatable bonds is 5. The van der Waals surface area contributed by atoms with E-state index in [1.54, 1.807) is 18.2 Å². The second kappa shape index (κ2) is 14.7. The third kappa shape index (κ3) is 9.11. The summed E-state index contributed by atoms with van der Waals surface area (Å²) in [6, 6.07) is 12.1. The van der Waals surface area contributed by atoms with Gasteiger partial charge in [0.25, 0.3) is 5.91 Å². The van der Waals surface area contributed by atoms with Crippen molar-refractivity contribution in [3.8, 4) is 5.75 Å². The van der Waals surface area contributed by atoms with Crippen LogP contribution in [0.15, 0.2) is 54.6 Å². The molecule has 11 nitrogen and oxygen atoms in total. The summed E-state index contributed by atoms with van der Waals surface area (Å²) in [5.74, 6) is -3.56. The van der Waals surface area contributed by atoms with E-state index in [2.05, 4.69) is 21.3 Å². The average molecular weight is 553 g/mol. The molecule has 214 valence electrons. The smallest absolute Gasteiger partial charge is 0.326 e. The molecule has 0 saturated heterocycles. The normalized spacial score (nSPS) is 21.4. The zero-order chi connectivity index (χ0) is 29.1. The monoisotopic (exact) mass is 552 g/mol. The van der Waals surface area contributed by atoms with Gasteiger partial charge in [0.1, 0.15) is 23.9 Å². The number of nitrogens with one attached hydrogen (secondary N) is 4. The van der Waals surface area contributed by atoms with Crippen LogP contribution in [0, 0.1) is 5.92 Å². The van der Waals surface area contributed by atoms with Crippen molar-refractivity contribution in [2.24, 2.45) is 5.92 Å². The fourth-order valence-corrected chi connectivity index (χ4v) is 4.28. The molecular weight excluding hydrogens is 516 g/mol. The number of fused-ring (bicyclic) bond motifs is 1. The number of carbonyl (C=O) groups excluding carboxylic acids is 4. The lowest BCUT2D eigenvalue weighted by molar-refractivity contribution is -0.141. The summed E-state index contributed by atoms with van der Waals surface area (Å²) >= 11 is 0. The zero-order valence-electron chi connectivity index (χ0n) is 22.6. The number of carboxylic acids is 1. The SMILES string of the molecule is CC(C)C[C@H]1NC(=O)C[C@@H](C(=O)O)NC(=O)c2ccccc2OCCCNC(=O)C(Cc2ccccc2)NC1=O. The molecule has 0 saturated carbocycles. The molecule has 0 aliphatic carbocycles. The Labute approximate surface area is 233 Å². The number of hydrogen-bond acceptors (Lipinski definition) is 6. The lowest BCUT2D eigenvalue weighted by atomic mass is 10.0. The van der Waals surface area contributed by atoms with E-state index in [9.17, 15) is 29.1 Å². The van der Waals surface area contributed by atoms with Crippen LogP contribution in [-0.2, 0) is 25.6 Å². The van der Waals surface area contributed by atoms with Crippen molar-refractivity contribution in [2.75, 3.05) is 13.2 Å². The summed E-state index contributed by atoms with van der Waals surface area (Å²) in [5.41, 5.74) is 0.953. The average Bonchev–Trinajstić information content (AvgIpc) is 2.91. The molecule has 11 heteroatoms. The van der Waals surface area contributed by atoms with Gasteiger partial charge in [-0.3, -0.25) is 19.2 Å². The molecule has 2 aromatic carbocycles. The standard InChI is InChI=1S/C29H36N4O7/c1-18(2)15-21-28(37)32-22(16-19-9-4-3-5-10-19)27(36)30-13-8-14-40-24-12-7-6-11-20(24)26(35)33-23(29(38)39)17-25(34)31-21/h3-7,9-12,18,21-23H,8,13-17H2,1-2H3,(H,30,36)(H,31,34)(H,32,37)(H,33,35)(H,38,39)/t21-,22?,23+/m1/s1. The Hall–Kier alpha value is -4.41. The Bertz CT molecular complexity index is 1200. The highest BCUT2D eigenvalue weighted by atomic mass is 16.5. The fraction of sp³-hybridized carbons (Fsp3) is 0.414. The highest BCUT2D eigenvalue weighted by Crippen LogP contribution is 2.18. The predicted molar refractivity (Wildman–Crippen MR) is 147 cm³/mol. The molecule has 0 radical (unpaired) electrons. The molecule has 1 heterocycles. The molecule has 0 aromatic heterocycles. The van der Waals surface area contributed by atoms with Gasteiger partial charge >= 0.3 is 5.97 Å². The van der Waals surface area contributed by atoms with Crippen LogP contribution in [-0.4, -0.2) is 66.0 Å². The first-order chi connectivity index (χ1) is 19.1. The van der Waals surface area contributed by atoms with Crippen molar-refractivity contribution in [3.05, 3.63) is 65.7 Å². The zero-order valence-corrected chi connectivity index (χ0v) is 22.6. The van der Waals surface area contributed by atoms with Gasteiger partial charge in [0, 0.05) is 13.0 Å². The van der Waals surface area contributed by atoms with Crippen LogP contribution >= 0.6 is 0 Å². The number of aliphatic carboxylic acids is 1. The topological polar surface area (TPSA) is 163 Å². The molecule has 0 spiro atoms. The van der Waals surface area contributed by atoms with Gasteiger partial charge in [-0.15, -0.1) is 0 Å². The molecule has 2 aromatic rings. The van der Waals surface area contributed by atoms with Crippen LogP contribution in [0.5, 0.6) is 5.75 Å². The summed E-state index contributed by atoms with van der Waals surface area (Å²) in [6.07, 6.45) is 0.307. The van der Waals surface area contributed by atoms with Gasteiger partial charge in [-0.1, -0.05) is 56.3 Å². The van der Waals surface area contributed by atoms with Crippen molar-refractivity contribution in [2.45, 2.75) is 57.7 Å². The van der Waals surface area contributed by atoms with Gasteiger partial charge in [0.2, 0.25) is 17.7 Å². The lowest BCUT2D eigenvalue weighted by Crippen LogP contribution is -2.55. The first-order valence-corrected chi connectivity index (χ1v) is 13.3. The second-order valence-electron chi connectivity index (χ2n) is 10.1. The van der Waals surface area contributed by atoms with Gasteiger partial charge in [0.05, 0.1) is 18.6 Å². The first-order valence-electron chi connectivity index (χ1n) is 13.3. The third-order valence-corrected chi connectivity index (χ3v) is 6.28. The molecule has 0 bridgehead atoms. The number of amides is 4. The molecule has 5 N–H and O–H groups in total. The number of carboxylic acid groups (broad SMARTS) is 1. The van der Waals surface area contributed by atoms with E-state index >= 15 is 0 Å². The van der Waals surface area contributed by atoms with E-state index in [-0.39, 0.29) is 43.2 Å². The van der Waals surface area contributed by atoms with Gasteiger partial charge < -0.3 is 31.1 Å². The van der Waals surface area contributed by atoms with E-state index in [4.69, 9.17) is 4.74 Å². The van der Waals surface area contributed by atoms with Crippen LogP contribution in [0.1, 0.15) is 49.0 Å². The summed E-state index contributed by atoms with van der Waals surface area (Å²) in [4.78, 5) is 64.2. The maximum atomic E-state index is 13.3. The largest absolute Gasteiger partial charge is 0.493 e. The molecule has 1 unspecified atom stereocenters. The number of benzene rings is 2. The Morgan fingerprint density at radius 1 is 0.925 bits per heavy atom. The fourth-order valence-electron chi connectivity index (χ4n) is 4.28. The van der Waals surface area contributed by atoms with Crippen molar-refractivity contribution in [1.29, 1.82) is 0 Å². The number of para-hydroxylation sites is 1. The molecule has 4 amide bonds. The van der Waals surface area contributed by atoms with Crippen LogP contribution in [0.25, 0.3) is 0 Å².